The lowest BCUT2D eigenvalue weighted by Gasteiger charge is -2.25. The normalized spacial score (nSPS) is 13.1. The minimum Gasteiger partial charge on any atom is -0.496 e. The number of rotatable bonds is 6. The van der Waals surface area contributed by atoms with Gasteiger partial charge in [-0.25, -0.2) is 4.79 Å². The van der Waals surface area contributed by atoms with E-state index in [2.05, 4.69) is 10.6 Å². The van der Waals surface area contributed by atoms with E-state index in [0.29, 0.717) is 17.2 Å². The first-order valence-electron chi connectivity index (χ1n) is 8.81. The van der Waals surface area contributed by atoms with Crippen LogP contribution in [0.5, 0.6) is 17.2 Å². The SMILES string of the molecule is COc1ccccc1C(C)N(C)CC(=O)NC(=O)Nc1ccc2c(c1)OCO2. The number of para-hydroxylation sites is 1. The van der Waals surface area contributed by atoms with E-state index in [9.17, 15) is 9.59 Å². The van der Waals surface area contributed by atoms with E-state index in [1.54, 1.807) is 25.3 Å². The van der Waals surface area contributed by atoms with Gasteiger partial charge in [-0.2, -0.15) is 0 Å². The number of hydrogen-bond acceptors (Lipinski definition) is 6. The molecule has 8 heteroatoms. The van der Waals surface area contributed by atoms with E-state index in [1.807, 2.05) is 43.1 Å². The molecule has 2 aromatic carbocycles. The molecule has 28 heavy (non-hydrogen) atoms. The summed E-state index contributed by atoms with van der Waals surface area (Å²) < 4.78 is 15.9. The molecule has 148 valence electrons. The van der Waals surface area contributed by atoms with Crippen LogP contribution in [-0.2, 0) is 4.79 Å². The van der Waals surface area contributed by atoms with Crippen LogP contribution in [0.4, 0.5) is 10.5 Å². The summed E-state index contributed by atoms with van der Waals surface area (Å²) >= 11 is 0. The Morgan fingerprint density at radius 3 is 2.71 bits per heavy atom. The predicted octanol–water partition coefficient (Wildman–Crippen LogP) is 2.77. The average molecular weight is 385 g/mol. The number of amides is 3. The van der Waals surface area contributed by atoms with E-state index in [1.165, 1.54) is 0 Å². The number of methoxy groups -OCH3 is 1. The van der Waals surface area contributed by atoms with Gasteiger partial charge in [-0.1, -0.05) is 18.2 Å². The third-order valence-electron chi connectivity index (χ3n) is 4.53. The summed E-state index contributed by atoms with van der Waals surface area (Å²) in [5, 5.41) is 4.94. The highest BCUT2D eigenvalue weighted by atomic mass is 16.7. The number of imide groups is 1. The average Bonchev–Trinajstić information content (AvgIpc) is 3.14. The predicted molar refractivity (Wildman–Crippen MR) is 104 cm³/mol. The molecule has 3 rings (SSSR count). The highest BCUT2D eigenvalue weighted by molar-refractivity contribution is 6.01. The topological polar surface area (TPSA) is 89.1 Å². The molecule has 0 radical (unpaired) electrons. The Hall–Kier alpha value is -3.26. The lowest BCUT2D eigenvalue weighted by molar-refractivity contribution is -0.121. The number of anilines is 1. The monoisotopic (exact) mass is 385 g/mol. The molecule has 2 aromatic rings. The number of carbonyl (C=O) groups is 2. The third-order valence-corrected chi connectivity index (χ3v) is 4.53. The Labute approximate surface area is 163 Å². The summed E-state index contributed by atoms with van der Waals surface area (Å²) in [4.78, 5) is 26.2. The molecule has 2 N–H and O–H groups in total. The molecule has 1 aliphatic heterocycles. The molecule has 0 aliphatic carbocycles. The van der Waals surface area contributed by atoms with E-state index >= 15 is 0 Å². The van der Waals surface area contributed by atoms with Crippen molar-refractivity contribution in [1.82, 2.24) is 10.2 Å². The van der Waals surface area contributed by atoms with Crippen molar-refractivity contribution in [2.45, 2.75) is 13.0 Å². The van der Waals surface area contributed by atoms with Gasteiger partial charge < -0.3 is 19.5 Å². The van der Waals surface area contributed by atoms with Gasteiger partial charge >= 0.3 is 6.03 Å². The molecule has 0 bridgehead atoms. The first kappa shape index (κ1) is 19.5. The van der Waals surface area contributed by atoms with Gasteiger partial charge in [0, 0.05) is 23.4 Å². The highest BCUT2D eigenvalue weighted by Crippen LogP contribution is 2.34. The third kappa shape index (κ3) is 4.52. The quantitative estimate of drug-likeness (QED) is 0.795. The molecule has 0 saturated carbocycles. The zero-order valence-electron chi connectivity index (χ0n) is 16.0. The van der Waals surface area contributed by atoms with E-state index in [4.69, 9.17) is 14.2 Å². The van der Waals surface area contributed by atoms with Crippen LogP contribution in [-0.4, -0.2) is 44.3 Å². The minimum atomic E-state index is -0.609. The Kier molecular flexibility index (Phi) is 6.00. The maximum atomic E-state index is 12.2. The van der Waals surface area contributed by atoms with Crippen LogP contribution in [0.25, 0.3) is 0 Å². The molecule has 8 nitrogen and oxygen atoms in total. The standard InChI is InChI=1S/C20H23N3O5/c1-13(15-6-4-5-7-16(15)26-3)23(2)11-19(24)22-20(25)21-14-8-9-17-18(10-14)28-12-27-17/h4-10,13H,11-12H2,1-3H3,(H2,21,22,24,25). The van der Waals surface area contributed by atoms with Crippen LogP contribution in [0, 0.1) is 0 Å². The first-order valence-corrected chi connectivity index (χ1v) is 8.81. The van der Waals surface area contributed by atoms with Gasteiger partial charge in [0.15, 0.2) is 11.5 Å². The molecule has 0 aromatic heterocycles. The van der Waals surface area contributed by atoms with Gasteiger partial charge in [0.2, 0.25) is 12.7 Å². The molecule has 1 unspecified atom stereocenters. The van der Waals surface area contributed by atoms with Gasteiger partial charge in [0.05, 0.1) is 13.7 Å². The smallest absolute Gasteiger partial charge is 0.325 e. The zero-order valence-corrected chi connectivity index (χ0v) is 16.0. The molecular formula is C20H23N3O5. The maximum Gasteiger partial charge on any atom is 0.325 e. The minimum absolute atomic E-state index is 0.0494. The number of carbonyl (C=O) groups excluding carboxylic acids is 2. The Balaban J connectivity index is 1.53. The number of benzene rings is 2. The number of likely N-dealkylation sites (N-methyl/N-ethyl adjacent to an activating group) is 1. The second-order valence-corrected chi connectivity index (χ2v) is 6.40. The molecule has 0 spiro atoms. The highest BCUT2D eigenvalue weighted by Gasteiger charge is 2.19. The number of nitrogens with zero attached hydrogens (tertiary/aromatic N) is 1. The number of nitrogens with one attached hydrogen (secondary N) is 2. The molecule has 1 aliphatic rings. The zero-order chi connectivity index (χ0) is 20.1. The van der Waals surface area contributed by atoms with Crippen molar-refractivity contribution in [3.05, 3.63) is 48.0 Å². The van der Waals surface area contributed by atoms with Crippen LogP contribution >= 0.6 is 0 Å². The fourth-order valence-electron chi connectivity index (χ4n) is 2.92. The van der Waals surface area contributed by atoms with Crippen molar-refractivity contribution in [3.63, 3.8) is 0 Å². The van der Waals surface area contributed by atoms with Gasteiger partial charge in [-0.15, -0.1) is 0 Å². The van der Waals surface area contributed by atoms with E-state index in [-0.39, 0.29) is 19.4 Å². The fraction of sp³-hybridized carbons (Fsp3) is 0.300. The van der Waals surface area contributed by atoms with E-state index < -0.39 is 11.9 Å². The summed E-state index contributed by atoms with van der Waals surface area (Å²) in [6.07, 6.45) is 0. The fourth-order valence-corrected chi connectivity index (χ4v) is 2.92. The van der Waals surface area contributed by atoms with Crippen LogP contribution in [0.2, 0.25) is 0 Å². The molecular weight excluding hydrogens is 362 g/mol. The number of urea groups is 1. The van der Waals surface area contributed by atoms with Crippen LogP contribution in [0.15, 0.2) is 42.5 Å². The van der Waals surface area contributed by atoms with Crippen molar-refractivity contribution in [2.24, 2.45) is 0 Å². The first-order chi connectivity index (χ1) is 13.5. The summed E-state index contributed by atoms with van der Waals surface area (Å²) in [6, 6.07) is 12.0. The second kappa shape index (κ2) is 8.62. The van der Waals surface area contributed by atoms with Gasteiger partial charge in [0.25, 0.3) is 0 Å². The molecule has 0 saturated heterocycles. The van der Waals surface area contributed by atoms with Gasteiger partial charge in [-0.3, -0.25) is 15.0 Å². The lowest BCUT2D eigenvalue weighted by Crippen LogP contribution is -2.41. The van der Waals surface area contributed by atoms with Crippen molar-refractivity contribution >= 4 is 17.6 Å². The van der Waals surface area contributed by atoms with Crippen LogP contribution in [0.3, 0.4) is 0 Å². The Morgan fingerprint density at radius 2 is 1.93 bits per heavy atom. The van der Waals surface area contributed by atoms with Crippen LogP contribution in [0.1, 0.15) is 18.5 Å². The molecule has 0 fully saturated rings. The number of ether oxygens (including phenoxy) is 3. The summed E-state index contributed by atoms with van der Waals surface area (Å²) in [6.45, 7) is 2.17. The summed E-state index contributed by atoms with van der Waals surface area (Å²) in [7, 11) is 3.42. The van der Waals surface area contributed by atoms with Gasteiger partial charge in [-0.05, 0) is 32.2 Å². The second-order valence-electron chi connectivity index (χ2n) is 6.40. The van der Waals surface area contributed by atoms with Crippen molar-refractivity contribution in [2.75, 3.05) is 32.8 Å². The Bertz CT molecular complexity index is 871. The molecule has 1 atom stereocenters. The molecule has 1 heterocycles. The lowest BCUT2D eigenvalue weighted by atomic mass is 10.1. The van der Waals surface area contributed by atoms with Crippen molar-refractivity contribution < 1.29 is 23.8 Å². The maximum absolute atomic E-state index is 12.2. The largest absolute Gasteiger partial charge is 0.496 e. The Morgan fingerprint density at radius 1 is 1.18 bits per heavy atom. The van der Waals surface area contributed by atoms with Gasteiger partial charge in [0.1, 0.15) is 5.75 Å². The van der Waals surface area contributed by atoms with Crippen LogP contribution < -0.4 is 24.8 Å². The number of hydrogen-bond donors (Lipinski definition) is 2. The van der Waals surface area contributed by atoms with E-state index in [0.717, 1.165) is 11.3 Å². The molecule has 3 amide bonds. The summed E-state index contributed by atoms with van der Waals surface area (Å²) in [5.74, 6) is 1.51. The van der Waals surface area contributed by atoms with Crippen molar-refractivity contribution in [3.8, 4) is 17.2 Å². The van der Waals surface area contributed by atoms with Crippen molar-refractivity contribution in [1.29, 1.82) is 0 Å². The number of fused-ring (bicyclic) bond motifs is 1. The summed E-state index contributed by atoms with van der Waals surface area (Å²) in [5.41, 5.74) is 1.47.